The molecule has 0 aromatic heterocycles. The monoisotopic (exact) mass is 439 g/mol. The summed E-state index contributed by atoms with van der Waals surface area (Å²) >= 11 is 0. The van der Waals surface area contributed by atoms with Crippen molar-refractivity contribution in [3.63, 3.8) is 0 Å². The summed E-state index contributed by atoms with van der Waals surface area (Å²) in [5, 5.41) is 8.44. The van der Waals surface area contributed by atoms with Crippen LogP contribution in [0.1, 0.15) is 50.3 Å². The minimum atomic E-state index is -1.02. The molecular formula is C24H26FN3O4. The third kappa shape index (κ3) is 6.23. The van der Waals surface area contributed by atoms with Crippen LogP contribution in [0.4, 0.5) is 4.39 Å². The van der Waals surface area contributed by atoms with Crippen LogP contribution in [0.15, 0.2) is 59.7 Å². The van der Waals surface area contributed by atoms with Crippen LogP contribution in [0.25, 0.3) is 0 Å². The lowest BCUT2D eigenvalue weighted by atomic mass is 10.1. The number of halogens is 1. The van der Waals surface area contributed by atoms with E-state index in [1.54, 1.807) is 19.1 Å². The SMILES string of the molecule is C[C@H](NC(=O)[C@@H](C)OC(=O)CCC(=O)N1CCC(c2ccccc2)=N1)c1ccc(F)cc1. The Hall–Kier alpha value is -3.55. The standard InChI is InChI=1S/C24H26FN3O4/c1-16(18-8-10-20(25)11-9-18)26-24(31)17(2)32-23(30)13-12-22(29)28-15-14-21(27-28)19-6-4-3-5-7-19/h3-11,16-17H,12-15H2,1-2H3,(H,26,31)/t16-,17+/m0/s1. The van der Waals surface area contributed by atoms with Gasteiger partial charge >= 0.3 is 5.97 Å². The first kappa shape index (κ1) is 23.1. The maximum absolute atomic E-state index is 13.0. The van der Waals surface area contributed by atoms with Gasteiger partial charge in [-0.25, -0.2) is 9.40 Å². The maximum Gasteiger partial charge on any atom is 0.307 e. The number of nitrogens with zero attached hydrogens (tertiary/aromatic N) is 2. The molecule has 0 saturated carbocycles. The second-order valence-corrected chi connectivity index (χ2v) is 7.59. The summed E-state index contributed by atoms with van der Waals surface area (Å²) in [6, 6.07) is 15.0. The van der Waals surface area contributed by atoms with E-state index >= 15 is 0 Å². The first-order valence-electron chi connectivity index (χ1n) is 10.5. The Kier molecular flexibility index (Phi) is 7.70. The van der Waals surface area contributed by atoms with Crippen LogP contribution in [0.3, 0.4) is 0 Å². The van der Waals surface area contributed by atoms with E-state index in [-0.39, 0.29) is 30.6 Å². The Bertz CT molecular complexity index is 992. The fourth-order valence-electron chi connectivity index (χ4n) is 3.28. The first-order chi connectivity index (χ1) is 15.3. The summed E-state index contributed by atoms with van der Waals surface area (Å²) in [5.41, 5.74) is 2.53. The van der Waals surface area contributed by atoms with Crippen LogP contribution in [-0.4, -0.2) is 41.2 Å². The average molecular weight is 439 g/mol. The molecule has 0 aliphatic carbocycles. The van der Waals surface area contributed by atoms with Gasteiger partial charge in [-0.05, 0) is 37.1 Å². The van der Waals surface area contributed by atoms with E-state index < -0.39 is 18.0 Å². The smallest absolute Gasteiger partial charge is 0.307 e. The zero-order valence-corrected chi connectivity index (χ0v) is 18.1. The van der Waals surface area contributed by atoms with E-state index in [4.69, 9.17) is 4.74 Å². The van der Waals surface area contributed by atoms with Crippen molar-refractivity contribution in [1.82, 2.24) is 10.3 Å². The second-order valence-electron chi connectivity index (χ2n) is 7.59. The third-order valence-corrected chi connectivity index (χ3v) is 5.15. The van der Waals surface area contributed by atoms with Crippen molar-refractivity contribution in [3.8, 4) is 0 Å². The van der Waals surface area contributed by atoms with E-state index in [2.05, 4.69) is 10.4 Å². The summed E-state index contributed by atoms with van der Waals surface area (Å²) in [6.07, 6.45) is -0.555. The van der Waals surface area contributed by atoms with Crippen LogP contribution < -0.4 is 5.32 Å². The molecule has 1 N–H and O–H groups in total. The highest BCUT2D eigenvalue weighted by Crippen LogP contribution is 2.16. The highest BCUT2D eigenvalue weighted by molar-refractivity contribution is 6.02. The van der Waals surface area contributed by atoms with Gasteiger partial charge < -0.3 is 10.1 Å². The van der Waals surface area contributed by atoms with E-state index in [1.165, 1.54) is 24.1 Å². The minimum Gasteiger partial charge on any atom is -0.453 e. The number of hydrogen-bond acceptors (Lipinski definition) is 5. The number of amides is 2. The van der Waals surface area contributed by atoms with Crippen molar-refractivity contribution in [2.45, 2.75) is 45.3 Å². The third-order valence-electron chi connectivity index (χ3n) is 5.15. The maximum atomic E-state index is 13.0. The number of benzene rings is 2. The van der Waals surface area contributed by atoms with Crippen LogP contribution in [0.5, 0.6) is 0 Å². The number of hydrogen-bond donors (Lipinski definition) is 1. The lowest BCUT2D eigenvalue weighted by Gasteiger charge is -2.18. The predicted molar refractivity (Wildman–Crippen MR) is 117 cm³/mol. The summed E-state index contributed by atoms with van der Waals surface area (Å²) in [4.78, 5) is 36.8. The molecule has 7 nitrogen and oxygen atoms in total. The molecule has 2 aromatic carbocycles. The van der Waals surface area contributed by atoms with Crippen molar-refractivity contribution in [3.05, 3.63) is 71.5 Å². The quantitative estimate of drug-likeness (QED) is 0.639. The van der Waals surface area contributed by atoms with Gasteiger partial charge in [0.2, 0.25) is 5.91 Å². The molecule has 3 rings (SSSR count). The van der Waals surface area contributed by atoms with E-state index in [1.807, 2.05) is 30.3 Å². The zero-order chi connectivity index (χ0) is 23.1. The first-order valence-corrected chi connectivity index (χ1v) is 10.5. The Morgan fingerprint density at radius 2 is 1.75 bits per heavy atom. The molecule has 1 heterocycles. The molecule has 0 saturated heterocycles. The molecule has 8 heteroatoms. The minimum absolute atomic E-state index is 0.0509. The van der Waals surface area contributed by atoms with E-state index in [0.717, 1.165) is 16.8 Å². The van der Waals surface area contributed by atoms with Gasteiger partial charge in [0, 0.05) is 12.8 Å². The van der Waals surface area contributed by atoms with Gasteiger partial charge in [-0.15, -0.1) is 0 Å². The highest BCUT2D eigenvalue weighted by Gasteiger charge is 2.24. The van der Waals surface area contributed by atoms with Crippen molar-refractivity contribution in [1.29, 1.82) is 0 Å². The summed E-state index contributed by atoms with van der Waals surface area (Å²) < 4.78 is 18.2. The predicted octanol–water partition coefficient (Wildman–Crippen LogP) is 3.35. The second kappa shape index (κ2) is 10.7. The number of carbonyl (C=O) groups is 3. The van der Waals surface area contributed by atoms with Crippen molar-refractivity contribution in [2.75, 3.05) is 6.54 Å². The number of rotatable bonds is 8. The summed E-state index contributed by atoms with van der Waals surface area (Å²) in [6.45, 7) is 3.68. The molecule has 0 radical (unpaired) electrons. The summed E-state index contributed by atoms with van der Waals surface area (Å²) in [7, 11) is 0. The van der Waals surface area contributed by atoms with Gasteiger partial charge in [0.15, 0.2) is 6.10 Å². The number of nitrogens with one attached hydrogen (secondary N) is 1. The average Bonchev–Trinajstić information content (AvgIpc) is 3.29. The Morgan fingerprint density at radius 3 is 2.44 bits per heavy atom. The van der Waals surface area contributed by atoms with Gasteiger partial charge in [-0.2, -0.15) is 5.10 Å². The number of carbonyl (C=O) groups excluding carboxylic acids is 3. The topological polar surface area (TPSA) is 88.1 Å². The van der Waals surface area contributed by atoms with Gasteiger partial charge in [0.25, 0.3) is 5.91 Å². The zero-order valence-electron chi connectivity index (χ0n) is 18.1. The van der Waals surface area contributed by atoms with Crippen LogP contribution in [-0.2, 0) is 19.1 Å². The lowest BCUT2D eigenvalue weighted by molar-refractivity contribution is -0.156. The number of ether oxygens (including phenoxy) is 1. The molecule has 0 unspecified atom stereocenters. The normalized spacial score (nSPS) is 15.0. The molecule has 1 aliphatic heterocycles. The van der Waals surface area contributed by atoms with Crippen molar-refractivity contribution < 1.29 is 23.5 Å². The fraction of sp³-hybridized carbons (Fsp3) is 0.333. The van der Waals surface area contributed by atoms with Crippen LogP contribution >= 0.6 is 0 Å². The van der Waals surface area contributed by atoms with E-state index in [0.29, 0.717) is 13.0 Å². The van der Waals surface area contributed by atoms with E-state index in [9.17, 15) is 18.8 Å². The number of esters is 1. The Morgan fingerprint density at radius 1 is 1.06 bits per heavy atom. The molecule has 2 aromatic rings. The van der Waals surface area contributed by atoms with Crippen LogP contribution in [0.2, 0.25) is 0 Å². The lowest BCUT2D eigenvalue weighted by Crippen LogP contribution is -2.37. The van der Waals surface area contributed by atoms with Crippen molar-refractivity contribution in [2.24, 2.45) is 5.10 Å². The van der Waals surface area contributed by atoms with Gasteiger partial charge in [-0.3, -0.25) is 14.4 Å². The molecule has 32 heavy (non-hydrogen) atoms. The van der Waals surface area contributed by atoms with Gasteiger partial charge in [-0.1, -0.05) is 42.5 Å². The summed E-state index contributed by atoms with van der Waals surface area (Å²) in [5.74, 6) is -1.74. The fourth-order valence-corrected chi connectivity index (χ4v) is 3.28. The Labute approximate surface area is 186 Å². The molecule has 168 valence electrons. The van der Waals surface area contributed by atoms with Crippen molar-refractivity contribution >= 4 is 23.5 Å². The molecular weight excluding hydrogens is 413 g/mol. The molecule has 2 atom stereocenters. The van der Waals surface area contributed by atoms with Gasteiger partial charge in [0.1, 0.15) is 5.82 Å². The van der Waals surface area contributed by atoms with Crippen LogP contribution in [0, 0.1) is 5.82 Å². The largest absolute Gasteiger partial charge is 0.453 e. The number of hydrazone groups is 1. The molecule has 0 bridgehead atoms. The molecule has 0 spiro atoms. The highest BCUT2D eigenvalue weighted by atomic mass is 19.1. The Balaban J connectivity index is 1.43. The van der Waals surface area contributed by atoms with Gasteiger partial charge in [0.05, 0.1) is 24.7 Å². The molecule has 2 amide bonds. The molecule has 1 aliphatic rings. The molecule has 0 fully saturated rings.